The molecule has 0 aromatic heterocycles. The first-order valence-corrected chi connectivity index (χ1v) is 6.66. The Bertz CT molecular complexity index is 191. The molecule has 1 rings (SSSR count). The molecular weight excluding hydrogens is 218 g/mol. The van der Waals surface area contributed by atoms with Gasteiger partial charge in [0.25, 0.3) is 0 Å². The van der Waals surface area contributed by atoms with E-state index in [1.807, 2.05) is 0 Å². The van der Waals surface area contributed by atoms with E-state index < -0.39 is 5.60 Å². The Balaban J connectivity index is 1.98. The minimum atomic E-state index is -0.487. The summed E-state index contributed by atoms with van der Waals surface area (Å²) in [7, 11) is 1.67. The maximum atomic E-state index is 10.3. The van der Waals surface area contributed by atoms with Gasteiger partial charge in [-0.15, -0.1) is 0 Å². The van der Waals surface area contributed by atoms with Crippen LogP contribution in [0.4, 0.5) is 0 Å². The van der Waals surface area contributed by atoms with Crippen LogP contribution in [-0.2, 0) is 9.47 Å². The topological polar surface area (TPSA) is 50.7 Å². The first-order chi connectivity index (χ1) is 8.16. The molecule has 0 spiro atoms. The smallest absolute Gasteiger partial charge is 0.0771 e. The third kappa shape index (κ3) is 6.36. The van der Waals surface area contributed by atoms with Crippen LogP contribution in [0, 0.1) is 5.92 Å². The molecule has 0 bridgehead atoms. The number of methoxy groups -OCH3 is 1. The predicted octanol–water partition coefficient (Wildman–Crippen LogP) is 1.18. The van der Waals surface area contributed by atoms with Gasteiger partial charge in [-0.3, -0.25) is 0 Å². The molecule has 0 saturated heterocycles. The minimum absolute atomic E-state index is 0.487. The summed E-state index contributed by atoms with van der Waals surface area (Å²) in [6.07, 6.45) is 4.13. The van der Waals surface area contributed by atoms with Crippen molar-refractivity contribution in [2.75, 3.05) is 40.0 Å². The van der Waals surface area contributed by atoms with E-state index in [-0.39, 0.29) is 0 Å². The van der Waals surface area contributed by atoms with Crippen LogP contribution in [0.2, 0.25) is 0 Å². The lowest BCUT2D eigenvalue weighted by Crippen LogP contribution is -2.44. The Labute approximate surface area is 105 Å². The van der Waals surface area contributed by atoms with E-state index in [0.29, 0.717) is 26.4 Å². The average molecular weight is 245 g/mol. The van der Waals surface area contributed by atoms with E-state index in [4.69, 9.17) is 9.47 Å². The standard InChI is InChI=1S/C13H27NO3/c1-12-3-5-13(15,6-4-12)11-14-7-8-17-10-9-16-2/h12,14-15H,3-11H2,1-2H3. The largest absolute Gasteiger partial charge is 0.389 e. The third-order valence-corrected chi connectivity index (χ3v) is 3.51. The monoisotopic (exact) mass is 245 g/mol. The molecule has 4 nitrogen and oxygen atoms in total. The average Bonchev–Trinajstić information content (AvgIpc) is 2.32. The third-order valence-electron chi connectivity index (χ3n) is 3.51. The molecule has 0 radical (unpaired) electrons. The van der Waals surface area contributed by atoms with Gasteiger partial charge in [0.2, 0.25) is 0 Å². The summed E-state index contributed by atoms with van der Waals surface area (Å²) >= 11 is 0. The quantitative estimate of drug-likeness (QED) is 0.631. The van der Waals surface area contributed by atoms with Crippen molar-refractivity contribution >= 4 is 0 Å². The normalized spacial score (nSPS) is 29.5. The van der Waals surface area contributed by atoms with Crippen LogP contribution in [0.1, 0.15) is 32.6 Å². The van der Waals surface area contributed by atoms with Crippen LogP contribution in [0.15, 0.2) is 0 Å². The Morgan fingerprint density at radius 3 is 2.59 bits per heavy atom. The first-order valence-electron chi connectivity index (χ1n) is 6.66. The summed E-state index contributed by atoms with van der Waals surface area (Å²) in [5, 5.41) is 13.6. The molecule has 4 heteroatoms. The zero-order valence-corrected chi connectivity index (χ0v) is 11.2. The Morgan fingerprint density at radius 1 is 1.24 bits per heavy atom. The molecule has 1 aliphatic carbocycles. The van der Waals surface area contributed by atoms with Crippen molar-refractivity contribution < 1.29 is 14.6 Å². The van der Waals surface area contributed by atoms with E-state index in [2.05, 4.69) is 12.2 Å². The number of nitrogens with one attached hydrogen (secondary N) is 1. The number of aliphatic hydroxyl groups is 1. The molecule has 1 fully saturated rings. The van der Waals surface area contributed by atoms with Crippen LogP contribution in [-0.4, -0.2) is 50.7 Å². The van der Waals surface area contributed by atoms with Crippen molar-refractivity contribution in [3.63, 3.8) is 0 Å². The molecule has 0 aromatic carbocycles. The lowest BCUT2D eigenvalue weighted by molar-refractivity contribution is -0.00785. The summed E-state index contributed by atoms with van der Waals surface area (Å²) in [6, 6.07) is 0. The van der Waals surface area contributed by atoms with Gasteiger partial charge in [-0.25, -0.2) is 0 Å². The molecule has 17 heavy (non-hydrogen) atoms. The van der Waals surface area contributed by atoms with Crippen molar-refractivity contribution in [2.24, 2.45) is 5.92 Å². The molecule has 0 heterocycles. The first kappa shape index (κ1) is 14.9. The fraction of sp³-hybridized carbons (Fsp3) is 1.00. The van der Waals surface area contributed by atoms with Crippen LogP contribution < -0.4 is 5.32 Å². The van der Waals surface area contributed by atoms with Crippen molar-refractivity contribution in [3.8, 4) is 0 Å². The van der Waals surface area contributed by atoms with Crippen molar-refractivity contribution in [2.45, 2.75) is 38.2 Å². The van der Waals surface area contributed by atoms with Gasteiger partial charge in [-0.1, -0.05) is 6.92 Å². The van der Waals surface area contributed by atoms with Gasteiger partial charge in [0.05, 0.1) is 25.4 Å². The molecule has 0 aromatic rings. The van der Waals surface area contributed by atoms with Gasteiger partial charge in [0.1, 0.15) is 0 Å². The number of hydrogen-bond donors (Lipinski definition) is 2. The summed E-state index contributed by atoms with van der Waals surface area (Å²) < 4.78 is 10.2. The van der Waals surface area contributed by atoms with E-state index in [0.717, 1.165) is 38.1 Å². The summed E-state index contributed by atoms with van der Waals surface area (Å²) in [4.78, 5) is 0. The molecule has 0 atom stereocenters. The SMILES string of the molecule is COCCOCCNCC1(O)CCC(C)CC1. The fourth-order valence-electron chi connectivity index (χ4n) is 2.19. The molecule has 0 unspecified atom stereocenters. The molecule has 1 aliphatic rings. The highest BCUT2D eigenvalue weighted by molar-refractivity contribution is 4.86. The maximum absolute atomic E-state index is 10.3. The molecular formula is C13H27NO3. The number of hydrogen-bond acceptors (Lipinski definition) is 4. The van der Waals surface area contributed by atoms with Crippen LogP contribution in [0.25, 0.3) is 0 Å². The number of ether oxygens (including phenoxy) is 2. The van der Waals surface area contributed by atoms with Gasteiger partial charge < -0.3 is 19.9 Å². The van der Waals surface area contributed by atoms with Crippen LogP contribution in [0.5, 0.6) is 0 Å². The van der Waals surface area contributed by atoms with Gasteiger partial charge in [0.15, 0.2) is 0 Å². The highest BCUT2D eigenvalue weighted by atomic mass is 16.5. The minimum Gasteiger partial charge on any atom is -0.389 e. The van der Waals surface area contributed by atoms with E-state index >= 15 is 0 Å². The zero-order chi connectivity index (χ0) is 12.6. The predicted molar refractivity (Wildman–Crippen MR) is 68.1 cm³/mol. The van der Waals surface area contributed by atoms with E-state index in [9.17, 15) is 5.11 Å². The van der Waals surface area contributed by atoms with Gasteiger partial charge in [0, 0.05) is 20.2 Å². The fourth-order valence-corrected chi connectivity index (χ4v) is 2.19. The zero-order valence-electron chi connectivity index (χ0n) is 11.2. The Hall–Kier alpha value is -0.160. The summed E-state index contributed by atoms with van der Waals surface area (Å²) in [5.41, 5.74) is -0.487. The summed E-state index contributed by atoms with van der Waals surface area (Å²) in [5.74, 6) is 0.771. The van der Waals surface area contributed by atoms with Gasteiger partial charge in [-0.05, 0) is 31.6 Å². The Morgan fingerprint density at radius 2 is 1.94 bits per heavy atom. The second-order valence-electron chi connectivity index (χ2n) is 5.19. The van der Waals surface area contributed by atoms with Gasteiger partial charge >= 0.3 is 0 Å². The molecule has 0 aliphatic heterocycles. The number of rotatable bonds is 8. The second kappa shape index (κ2) is 8.03. The lowest BCUT2D eigenvalue weighted by Gasteiger charge is -2.35. The maximum Gasteiger partial charge on any atom is 0.0771 e. The Kier molecular flexibility index (Phi) is 7.04. The van der Waals surface area contributed by atoms with Crippen LogP contribution in [0.3, 0.4) is 0 Å². The highest BCUT2D eigenvalue weighted by Gasteiger charge is 2.30. The molecule has 102 valence electrons. The highest BCUT2D eigenvalue weighted by Crippen LogP contribution is 2.31. The second-order valence-corrected chi connectivity index (χ2v) is 5.19. The van der Waals surface area contributed by atoms with Crippen molar-refractivity contribution in [1.82, 2.24) is 5.32 Å². The van der Waals surface area contributed by atoms with E-state index in [1.54, 1.807) is 7.11 Å². The lowest BCUT2D eigenvalue weighted by atomic mass is 9.79. The van der Waals surface area contributed by atoms with Crippen molar-refractivity contribution in [1.29, 1.82) is 0 Å². The molecule has 0 amide bonds. The van der Waals surface area contributed by atoms with Crippen LogP contribution >= 0.6 is 0 Å². The van der Waals surface area contributed by atoms with Crippen molar-refractivity contribution in [3.05, 3.63) is 0 Å². The molecule has 2 N–H and O–H groups in total. The van der Waals surface area contributed by atoms with E-state index in [1.165, 1.54) is 0 Å². The van der Waals surface area contributed by atoms with Gasteiger partial charge in [-0.2, -0.15) is 0 Å². The summed E-state index contributed by atoms with van der Waals surface area (Å²) in [6.45, 7) is 5.70. The molecule has 1 saturated carbocycles.